The molecule has 0 spiro atoms. The number of hydrogen-bond acceptors (Lipinski definition) is 8. The number of aliphatic hydroxyl groups is 1. The summed E-state index contributed by atoms with van der Waals surface area (Å²) in [5.41, 5.74) is 1.96. The fraction of sp³-hybridized carbons (Fsp3) is 0.200. The number of carbonyl (C=O) groups is 2. The first-order chi connectivity index (χ1) is 19.0. The van der Waals surface area contributed by atoms with Crippen LogP contribution < -0.4 is 14.4 Å². The number of aliphatic hydroxyl groups excluding tert-OH is 1. The van der Waals surface area contributed by atoms with E-state index in [0.717, 1.165) is 12.0 Å². The second-order valence-electron chi connectivity index (χ2n) is 8.99. The minimum Gasteiger partial charge on any atom is -0.507 e. The second kappa shape index (κ2) is 11.5. The third-order valence-electron chi connectivity index (χ3n) is 6.19. The van der Waals surface area contributed by atoms with Crippen LogP contribution >= 0.6 is 11.3 Å². The van der Waals surface area contributed by atoms with Crippen LogP contribution in [-0.4, -0.2) is 33.6 Å². The summed E-state index contributed by atoms with van der Waals surface area (Å²) < 4.78 is 11.6. The Morgan fingerprint density at radius 1 is 0.949 bits per heavy atom. The third kappa shape index (κ3) is 5.53. The van der Waals surface area contributed by atoms with Crippen molar-refractivity contribution < 1.29 is 24.2 Å². The molecule has 1 unspecified atom stereocenters. The van der Waals surface area contributed by atoms with Gasteiger partial charge in [0.25, 0.3) is 5.78 Å². The van der Waals surface area contributed by atoms with Gasteiger partial charge >= 0.3 is 5.91 Å². The van der Waals surface area contributed by atoms with E-state index in [1.165, 1.54) is 16.2 Å². The first-order valence-corrected chi connectivity index (χ1v) is 13.4. The molecule has 1 N–H and O–H groups in total. The monoisotopic (exact) mass is 541 g/mol. The number of anilines is 1. The van der Waals surface area contributed by atoms with Crippen molar-refractivity contribution in [3.8, 4) is 11.5 Å². The standard InChI is InChI=1S/C30H27N3O5S/c1-3-16-37-23-14-12-21(13-15-23)27(34)25-26(33(29(36)28(25)35)30-32-31-19(2)39-30)22-10-7-11-24(17-22)38-18-20-8-5-4-6-9-20/h4-15,17,26,34H,3,16,18H2,1-2H3/b27-25+. The maximum Gasteiger partial charge on any atom is 0.301 e. The van der Waals surface area contributed by atoms with Crippen LogP contribution in [0.1, 0.15) is 41.1 Å². The zero-order chi connectivity index (χ0) is 27.4. The van der Waals surface area contributed by atoms with Crippen LogP contribution in [0, 0.1) is 6.92 Å². The van der Waals surface area contributed by atoms with Gasteiger partial charge in [-0.1, -0.05) is 60.7 Å². The largest absolute Gasteiger partial charge is 0.507 e. The van der Waals surface area contributed by atoms with Crippen molar-refractivity contribution in [2.45, 2.75) is 32.9 Å². The van der Waals surface area contributed by atoms with Crippen molar-refractivity contribution in [2.75, 3.05) is 11.5 Å². The molecule has 0 bridgehead atoms. The molecule has 0 saturated carbocycles. The summed E-state index contributed by atoms with van der Waals surface area (Å²) in [6, 6.07) is 22.8. The molecular weight excluding hydrogens is 514 g/mol. The van der Waals surface area contributed by atoms with Gasteiger partial charge in [0.15, 0.2) is 0 Å². The number of aromatic nitrogens is 2. The maximum absolute atomic E-state index is 13.4. The lowest BCUT2D eigenvalue weighted by Gasteiger charge is -2.23. The van der Waals surface area contributed by atoms with Gasteiger partial charge in [-0.15, -0.1) is 10.2 Å². The van der Waals surface area contributed by atoms with Crippen molar-refractivity contribution >= 4 is 33.9 Å². The Morgan fingerprint density at radius 2 is 1.72 bits per heavy atom. The summed E-state index contributed by atoms with van der Waals surface area (Å²) in [4.78, 5) is 28.0. The molecule has 1 amide bonds. The number of benzene rings is 3. The molecule has 1 atom stereocenters. The topological polar surface area (TPSA) is 102 Å². The van der Waals surface area contributed by atoms with Crippen LogP contribution in [0.4, 0.5) is 5.13 Å². The lowest BCUT2D eigenvalue weighted by molar-refractivity contribution is -0.132. The van der Waals surface area contributed by atoms with E-state index in [-0.39, 0.29) is 16.5 Å². The summed E-state index contributed by atoms with van der Waals surface area (Å²) in [5, 5.41) is 20.5. The highest BCUT2D eigenvalue weighted by molar-refractivity contribution is 7.15. The fourth-order valence-electron chi connectivity index (χ4n) is 4.33. The number of carbonyl (C=O) groups excluding carboxylic acids is 2. The van der Waals surface area contributed by atoms with Gasteiger partial charge in [0.05, 0.1) is 18.2 Å². The van der Waals surface area contributed by atoms with E-state index in [4.69, 9.17) is 9.47 Å². The Morgan fingerprint density at radius 3 is 2.41 bits per heavy atom. The summed E-state index contributed by atoms with van der Waals surface area (Å²) in [6.07, 6.45) is 0.865. The zero-order valence-corrected chi connectivity index (χ0v) is 22.4. The van der Waals surface area contributed by atoms with Gasteiger partial charge in [-0.25, -0.2) is 0 Å². The molecule has 1 aromatic heterocycles. The number of amides is 1. The van der Waals surface area contributed by atoms with Crippen molar-refractivity contribution in [1.82, 2.24) is 10.2 Å². The molecule has 39 heavy (non-hydrogen) atoms. The number of ether oxygens (including phenoxy) is 2. The van der Waals surface area contributed by atoms with E-state index in [0.29, 0.717) is 40.8 Å². The van der Waals surface area contributed by atoms with E-state index >= 15 is 0 Å². The normalized spacial score (nSPS) is 16.5. The maximum atomic E-state index is 13.4. The number of ketones is 1. The van der Waals surface area contributed by atoms with Crippen LogP contribution in [-0.2, 0) is 16.2 Å². The highest BCUT2D eigenvalue weighted by Crippen LogP contribution is 2.43. The van der Waals surface area contributed by atoms with Gasteiger partial charge in [-0.3, -0.25) is 14.5 Å². The molecule has 8 nitrogen and oxygen atoms in total. The van der Waals surface area contributed by atoms with Crippen molar-refractivity contribution in [3.63, 3.8) is 0 Å². The SMILES string of the molecule is CCCOc1ccc(/C(O)=C2\C(=O)C(=O)N(c3nnc(C)s3)C2c2cccc(OCc3ccccc3)c2)cc1. The molecule has 5 rings (SSSR count). The second-order valence-corrected chi connectivity index (χ2v) is 10.2. The van der Waals surface area contributed by atoms with Gasteiger partial charge in [0, 0.05) is 5.56 Å². The molecule has 3 aromatic carbocycles. The minimum atomic E-state index is -0.923. The van der Waals surface area contributed by atoms with Gasteiger partial charge in [0.2, 0.25) is 5.13 Å². The predicted octanol–water partition coefficient (Wildman–Crippen LogP) is 5.84. The molecule has 1 aliphatic heterocycles. The van der Waals surface area contributed by atoms with E-state index in [9.17, 15) is 14.7 Å². The molecule has 1 saturated heterocycles. The zero-order valence-electron chi connectivity index (χ0n) is 21.5. The number of rotatable bonds is 9. The number of Topliss-reactive ketones (excluding diaryl/α,β-unsaturated/α-hetero) is 1. The van der Waals surface area contributed by atoms with Crippen LogP contribution in [0.5, 0.6) is 11.5 Å². The van der Waals surface area contributed by atoms with Gasteiger partial charge in [-0.05, 0) is 60.9 Å². The van der Waals surface area contributed by atoms with Gasteiger partial charge < -0.3 is 14.6 Å². The Bertz CT molecular complexity index is 1520. The van der Waals surface area contributed by atoms with Crippen LogP contribution in [0.25, 0.3) is 5.76 Å². The van der Waals surface area contributed by atoms with E-state index in [1.807, 2.05) is 43.3 Å². The molecular formula is C30H27N3O5S. The number of hydrogen-bond donors (Lipinski definition) is 1. The molecule has 2 heterocycles. The fourth-order valence-corrected chi connectivity index (χ4v) is 5.04. The van der Waals surface area contributed by atoms with Gasteiger partial charge in [-0.2, -0.15) is 0 Å². The van der Waals surface area contributed by atoms with Crippen molar-refractivity contribution in [1.29, 1.82) is 0 Å². The summed E-state index contributed by atoms with van der Waals surface area (Å²) in [6.45, 7) is 4.71. The first-order valence-electron chi connectivity index (χ1n) is 12.6. The van der Waals surface area contributed by atoms with Crippen LogP contribution in [0.2, 0.25) is 0 Å². The number of aryl methyl sites for hydroxylation is 1. The quantitative estimate of drug-likeness (QED) is 0.161. The molecule has 4 aromatic rings. The molecule has 0 radical (unpaired) electrons. The van der Waals surface area contributed by atoms with Crippen molar-refractivity contribution in [2.24, 2.45) is 0 Å². The Kier molecular flexibility index (Phi) is 7.69. The smallest absolute Gasteiger partial charge is 0.301 e. The minimum absolute atomic E-state index is 0.0321. The Labute approximate surface area is 230 Å². The Hall–Kier alpha value is -4.50. The van der Waals surface area contributed by atoms with Crippen LogP contribution in [0.15, 0.2) is 84.4 Å². The molecule has 198 valence electrons. The lowest BCUT2D eigenvalue weighted by Crippen LogP contribution is -2.29. The van der Waals surface area contributed by atoms with Gasteiger partial charge in [0.1, 0.15) is 28.9 Å². The molecule has 9 heteroatoms. The summed E-state index contributed by atoms with van der Waals surface area (Å²) >= 11 is 1.20. The third-order valence-corrected chi connectivity index (χ3v) is 7.03. The number of nitrogens with zero attached hydrogens (tertiary/aromatic N) is 3. The highest BCUT2D eigenvalue weighted by Gasteiger charge is 2.48. The van der Waals surface area contributed by atoms with E-state index < -0.39 is 17.7 Å². The highest BCUT2D eigenvalue weighted by atomic mass is 32.1. The Balaban J connectivity index is 1.55. The molecule has 1 aliphatic rings. The molecule has 0 aliphatic carbocycles. The first kappa shape index (κ1) is 26.1. The molecule has 1 fully saturated rings. The summed E-state index contributed by atoms with van der Waals surface area (Å²) in [7, 11) is 0. The van der Waals surface area contributed by atoms with Crippen molar-refractivity contribution in [3.05, 3.63) is 106 Å². The predicted molar refractivity (Wildman–Crippen MR) is 149 cm³/mol. The average Bonchev–Trinajstić information content (AvgIpc) is 3.51. The average molecular weight is 542 g/mol. The van der Waals surface area contributed by atoms with E-state index in [2.05, 4.69) is 10.2 Å². The lowest BCUT2D eigenvalue weighted by atomic mass is 9.95. The summed E-state index contributed by atoms with van der Waals surface area (Å²) in [5.74, 6) is -0.644. The van der Waals surface area contributed by atoms with E-state index in [1.54, 1.807) is 49.4 Å². The van der Waals surface area contributed by atoms with Crippen LogP contribution in [0.3, 0.4) is 0 Å².